The minimum absolute atomic E-state index is 0.0544. The van der Waals surface area contributed by atoms with Gasteiger partial charge in [-0.25, -0.2) is 14.3 Å². The number of halogens is 5. The van der Waals surface area contributed by atoms with E-state index in [1.807, 2.05) is 0 Å². The third kappa shape index (κ3) is 4.81. The summed E-state index contributed by atoms with van der Waals surface area (Å²) in [4.78, 5) is 24.2. The summed E-state index contributed by atoms with van der Waals surface area (Å²) in [5.41, 5.74) is -2.10. The Balaban J connectivity index is 2.53. The minimum Gasteiger partial charge on any atom is -0.463 e. The number of ether oxygens (including phenoxy) is 2. The maximum absolute atomic E-state index is 12.9. The number of hydrogen-bond acceptors (Lipinski definition) is 6. The zero-order chi connectivity index (χ0) is 21.9. The van der Waals surface area contributed by atoms with Crippen LogP contribution >= 0.6 is 23.2 Å². The Labute approximate surface area is 172 Å². The first-order valence-electron chi connectivity index (χ1n) is 7.93. The summed E-state index contributed by atoms with van der Waals surface area (Å²) in [6.07, 6.45) is -5.03. The minimum atomic E-state index is -4.70. The second-order valence-electron chi connectivity index (χ2n) is 5.52. The predicted molar refractivity (Wildman–Crippen MR) is 94.8 cm³/mol. The van der Waals surface area contributed by atoms with E-state index < -0.39 is 45.5 Å². The molecule has 1 heterocycles. The van der Waals surface area contributed by atoms with Gasteiger partial charge in [0, 0.05) is 0 Å². The molecule has 0 saturated carbocycles. The van der Waals surface area contributed by atoms with E-state index in [0.717, 1.165) is 10.9 Å². The smallest absolute Gasteiger partial charge is 0.416 e. The quantitative estimate of drug-likeness (QED) is 0.635. The fourth-order valence-electron chi connectivity index (χ4n) is 2.25. The lowest BCUT2D eigenvalue weighted by atomic mass is 10.2. The molecule has 2 rings (SSSR count). The maximum atomic E-state index is 12.9. The van der Waals surface area contributed by atoms with Crippen molar-refractivity contribution in [2.75, 3.05) is 6.61 Å². The molecule has 0 saturated heterocycles. The number of hydrogen-bond donors (Lipinski definition) is 0. The molecule has 0 bridgehead atoms. The van der Waals surface area contributed by atoms with Gasteiger partial charge in [0.05, 0.1) is 28.4 Å². The van der Waals surface area contributed by atoms with Gasteiger partial charge in [-0.3, -0.25) is 0 Å². The average Bonchev–Trinajstić information content (AvgIpc) is 3.04. The average molecular weight is 450 g/mol. The van der Waals surface area contributed by atoms with Gasteiger partial charge in [-0.15, -0.1) is 0 Å². The van der Waals surface area contributed by atoms with Crippen LogP contribution in [0.5, 0.6) is 0 Å². The van der Waals surface area contributed by atoms with Crippen LogP contribution in [0.3, 0.4) is 0 Å². The molecule has 0 fully saturated rings. The Morgan fingerprint density at radius 2 is 1.90 bits per heavy atom. The zero-order valence-electron chi connectivity index (χ0n) is 14.9. The highest BCUT2D eigenvalue weighted by atomic mass is 35.5. The van der Waals surface area contributed by atoms with Gasteiger partial charge in [-0.1, -0.05) is 23.2 Å². The van der Waals surface area contributed by atoms with Gasteiger partial charge in [-0.05, 0) is 26.0 Å². The van der Waals surface area contributed by atoms with Crippen molar-refractivity contribution in [3.63, 3.8) is 0 Å². The topological polar surface area (TPSA) is 94.2 Å². The Morgan fingerprint density at radius 3 is 2.38 bits per heavy atom. The number of rotatable bonds is 5. The summed E-state index contributed by atoms with van der Waals surface area (Å²) in [5, 5.41) is 12.1. The molecule has 0 spiro atoms. The largest absolute Gasteiger partial charge is 0.463 e. The van der Waals surface area contributed by atoms with Crippen molar-refractivity contribution in [1.29, 1.82) is 5.26 Å². The lowest BCUT2D eigenvalue weighted by Crippen LogP contribution is -2.27. The van der Waals surface area contributed by atoms with Crippen LogP contribution in [-0.4, -0.2) is 34.4 Å². The Bertz CT molecular complexity index is 976. The van der Waals surface area contributed by atoms with Crippen LogP contribution in [0.15, 0.2) is 18.3 Å². The second-order valence-corrected chi connectivity index (χ2v) is 6.33. The van der Waals surface area contributed by atoms with Gasteiger partial charge < -0.3 is 9.47 Å². The van der Waals surface area contributed by atoms with Gasteiger partial charge in [0.15, 0.2) is 11.8 Å². The van der Waals surface area contributed by atoms with Gasteiger partial charge in [-0.2, -0.15) is 23.5 Å². The summed E-state index contributed by atoms with van der Waals surface area (Å²) in [6, 6.07) is 2.91. The first-order chi connectivity index (χ1) is 13.5. The summed E-state index contributed by atoms with van der Waals surface area (Å²) in [5.74, 6) is -1.97. The second kappa shape index (κ2) is 8.71. The number of benzene rings is 1. The van der Waals surface area contributed by atoms with E-state index in [1.165, 1.54) is 6.92 Å². The molecule has 1 aromatic heterocycles. The number of nitriles is 1. The molecule has 0 amide bonds. The maximum Gasteiger partial charge on any atom is 0.416 e. The predicted octanol–water partition coefficient (Wildman–Crippen LogP) is 4.18. The highest BCUT2D eigenvalue weighted by molar-refractivity contribution is 6.38. The number of esters is 2. The highest BCUT2D eigenvalue weighted by Gasteiger charge is 2.33. The van der Waals surface area contributed by atoms with Gasteiger partial charge in [0.1, 0.15) is 17.3 Å². The van der Waals surface area contributed by atoms with Crippen molar-refractivity contribution in [2.45, 2.75) is 26.1 Å². The van der Waals surface area contributed by atoms with Crippen molar-refractivity contribution in [3.8, 4) is 11.8 Å². The number of alkyl halides is 3. The summed E-state index contributed by atoms with van der Waals surface area (Å²) in [7, 11) is 0. The molecule has 1 aromatic carbocycles. The number of carbonyl (C=O) groups excluding carboxylic acids is 2. The third-order valence-corrected chi connectivity index (χ3v) is 4.12. The summed E-state index contributed by atoms with van der Waals surface area (Å²) >= 11 is 11.9. The Morgan fingerprint density at radius 1 is 1.31 bits per heavy atom. The third-order valence-electron chi connectivity index (χ3n) is 3.54. The number of carbonyl (C=O) groups is 2. The molecule has 1 atom stereocenters. The van der Waals surface area contributed by atoms with E-state index in [1.54, 1.807) is 13.0 Å². The molecule has 0 aliphatic carbocycles. The molecule has 154 valence electrons. The number of aromatic nitrogens is 2. The molecule has 0 aliphatic rings. The van der Waals surface area contributed by atoms with Crippen LogP contribution in [0.1, 0.15) is 35.5 Å². The first kappa shape index (κ1) is 22.5. The van der Waals surface area contributed by atoms with E-state index in [9.17, 15) is 28.0 Å². The monoisotopic (exact) mass is 449 g/mol. The van der Waals surface area contributed by atoms with Crippen molar-refractivity contribution >= 4 is 35.1 Å². The van der Waals surface area contributed by atoms with E-state index in [4.69, 9.17) is 32.7 Å². The Kier molecular flexibility index (Phi) is 6.77. The first-order valence-corrected chi connectivity index (χ1v) is 8.69. The van der Waals surface area contributed by atoms with Gasteiger partial charge in [0.25, 0.3) is 0 Å². The fourth-order valence-corrected chi connectivity index (χ4v) is 2.90. The van der Waals surface area contributed by atoms with Crippen molar-refractivity contribution in [1.82, 2.24) is 9.78 Å². The summed E-state index contributed by atoms with van der Waals surface area (Å²) in [6.45, 7) is 2.86. The molecule has 1 unspecified atom stereocenters. The van der Waals surface area contributed by atoms with Gasteiger partial charge in [0.2, 0.25) is 0 Å². The molecule has 7 nitrogen and oxygen atoms in total. The molecule has 12 heteroatoms. The lowest BCUT2D eigenvalue weighted by molar-refractivity contribution is -0.152. The van der Waals surface area contributed by atoms with E-state index in [-0.39, 0.29) is 17.9 Å². The molecule has 29 heavy (non-hydrogen) atoms. The highest BCUT2D eigenvalue weighted by Crippen LogP contribution is 2.38. The fraction of sp³-hybridized carbons (Fsp3) is 0.294. The van der Waals surface area contributed by atoms with Crippen LogP contribution < -0.4 is 0 Å². The molecule has 0 radical (unpaired) electrons. The van der Waals surface area contributed by atoms with E-state index in [2.05, 4.69) is 5.10 Å². The molecule has 0 N–H and O–H groups in total. The molecular weight excluding hydrogens is 438 g/mol. The van der Waals surface area contributed by atoms with E-state index >= 15 is 0 Å². The van der Waals surface area contributed by atoms with E-state index in [0.29, 0.717) is 12.1 Å². The zero-order valence-corrected chi connectivity index (χ0v) is 16.4. The van der Waals surface area contributed by atoms with Crippen LogP contribution in [0.25, 0.3) is 5.69 Å². The summed E-state index contributed by atoms with van der Waals surface area (Å²) < 4.78 is 49.3. The van der Waals surface area contributed by atoms with Crippen LogP contribution in [0.4, 0.5) is 13.2 Å². The van der Waals surface area contributed by atoms with Crippen molar-refractivity contribution < 1.29 is 32.2 Å². The lowest BCUT2D eigenvalue weighted by Gasteiger charge is -2.15. The SMILES string of the molecule is CCOC(=O)C(C)OC(=O)c1c(C#N)cnn1-c1c(Cl)cc(C(F)(F)F)cc1Cl. The van der Waals surface area contributed by atoms with Gasteiger partial charge >= 0.3 is 18.1 Å². The van der Waals surface area contributed by atoms with Crippen molar-refractivity contribution in [2.24, 2.45) is 0 Å². The Hall–Kier alpha value is -2.77. The molecule has 0 aliphatic heterocycles. The number of nitrogens with zero attached hydrogens (tertiary/aromatic N) is 3. The molecule has 2 aromatic rings. The molecular formula is C17H12Cl2F3N3O4. The standard InChI is InChI=1S/C17H12Cl2F3N3O4/c1-3-28-15(26)8(2)29-16(27)13-9(6-23)7-24-25(13)14-11(18)4-10(5-12(14)19)17(20,21)22/h4-5,7-8H,3H2,1-2H3. The van der Waals surface area contributed by atoms with Crippen LogP contribution in [-0.2, 0) is 20.4 Å². The van der Waals surface area contributed by atoms with Crippen LogP contribution in [0, 0.1) is 11.3 Å². The normalized spacial score (nSPS) is 12.2. The van der Waals surface area contributed by atoms with Crippen molar-refractivity contribution in [3.05, 3.63) is 45.2 Å². The van der Waals surface area contributed by atoms with Crippen LogP contribution in [0.2, 0.25) is 10.0 Å².